The summed E-state index contributed by atoms with van der Waals surface area (Å²) < 4.78 is 26.4. The zero-order valence-electron chi connectivity index (χ0n) is 14.2. The van der Waals surface area contributed by atoms with Gasteiger partial charge in [0.1, 0.15) is 4.21 Å². The van der Waals surface area contributed by atoms with E-state index in [-0.39, 0.29) is 16.7 Å². The summed E-state index contributed by atoms with van der Waals surface area (Å²) in [5.74, 6) is -0.367. The molecule has 136 valence electrons. The van der Waals surface area contributed by atoms with Crippen molar-refractivity contribution < 1.29 is 13.2 Å². The Labute approximate surface area is 160 Å². The number of sulfonamides is 1. The minimum atomic E-state index is -3.70. The average molecular weight is 408 g/mol. The molecule has 0 N–H and O–H groups in total. The van der Waals surface area contributed by atoms with Gasteiger partial charge in [-0.3, -0.25) is 9.69 Å². The molecular weight excluding hydrogens is 390 g/mol. The van der Waals surface area contributed by atoms with E-state index in [2.05, 4.69) is 4.98 Å². The molecule has 3 rings (SSSR count). The van der Waals surface area contributed by atoms with E-state index in [9.17, 15) is 13.2 Å². The van der Waals surface area contributed by atoms with Gasteiger partial charge in [-0.2, -0.15) is 4.31 Å². The van der Waals surface area contributed by atoms with Crippen LogP contribution in [0, 0.1) is 6.92 Å². The van der Waals surface area contributed by atoms with E-state index < -0.39 is 10.0 Å². The first kappa shape index (κ1) is 18.7. The van der Waals surface area contributed by atoms with Crippen LogP contribution in [-0.4, -0.2) is 37.2 Å². The summed E-state index contributed by atoms with van der Waals surface area (Å²) in [6.07, 6.45) is 0. The second-order valence-corrected chi connectivity index (χ2v) is 9.59. The zero-order valence-corrected chi connectivity index (χ0v) is 16.6. The Kier molecular flexibility index (Phi) is 5.52. The van der Waals surface area contributed by atoms with E-state index in [0.29, 0.717) is 10.8 Å². The van der Waals surface area contributed by atoms with Crippen LogP contribution in [0.15, 0.2) is 57.4 Å². The minimum absolute atomic E-state index is 0.212. The van der Waals surface area contributed by atoms with Crippen molar-refractivity contribution in [3.05, 3.63) is 58.9 Å². The van der Waals surface area contributed by atoms with Crippen LogP contribution in [0.4, 0.5) is 10.8 Å². The topological polar surface area (TPSA) is 70.6 Å². The molecule has 6 nitrogen and oxygen atoms in total. The van der Waals surface area contributed by atoms with Crippen LogP contribution in [0.1, 0.15) is 5.69 Å². The van der Waals surface area contributed by atoms with Crippen molar-refractivity contribution in [2.45, 2.75) is 11.1 Å². The maximum atomic E-state index is 13.0. The Bertz CT molecular complexity index is 983. The van der Waals surface area contributed by atoms with E-state index in [1.54, 1.807) is 23.6 Å². The van der Waals surface area contributed by atoms with Gasteiger partial charge in [-0.25, -0.2) is 13.4 Å². The van der Waals surface area contributed by atoms with Crippen molar-refractivity contribution in [2.24, 2.45) is 0 Å². The number of aryl methyl sites for hydroxylation is 1. The van der Waals surface area contributed by atoms with Gasteiger partial charge in [0.05, 0.1) is 17.9 Å². The number of amides is 1. The Balaban J connectivity index is 1.89. The van der Waals surface area contributed by atoms with Gasteiger partial charge in [0, 0.05) is 12.4 Å². The fourth-order valence-corrected chi connectivity index (χ4v) is 5.45. The number of thiophene rings is 1. The van der Waals surface area contributed by atoms with E-state index in [1.807, 2.05) is 30.5 Å². The van der Waals surface area contributed by atoms with E-state index >= 15 is 0 Å². The van der Waals surface area contributed by atoms with Gasteiger partial charge in [-0.1, -0.05) is 24.3 Å². The molecule has 0 atom stereocenters. The van der Waals surface area contributed by atoms with Gasteiger partial charge < -0.3 is 0 Å². The number of carbonyl (C=O) groups is 1. The minimum Gasteiger partial charge on any atom is -0.272 e. The molecule has 0 saturated heterocycles. The molecule has 0 fully saturated rings. The van der Waals surface area contributed by atoms with Gasteiger partial charge >= 0.3 is 0 Å². The number of likely N-dealkylation sites (N-methyl/N-ethyl adjacent to an activating group) is 1. The first-order valence-electron chi connectivity index (χ1n) is 7.69. The Morgan fingerprint density at radius 3 is 2.42 bits per heavy atom. The predicted octanol–water partition coefficient (Wildman–Crippen LogP) is 3.50. The lowest BCUT2D eigenvalue weighted by molar-refractivity contribution is -0.117. The highest BCUT2D eigenvalue weighted by Crippen LogP contribution is 2.29. The van der Waals surface area contributed by atoms with E-state index in [0.717, 1.165) is 21.3 Å². The average Bonchev–Trinajstić information content (AvgIpc) is 3.28. The molecule has 0 aliphatic rings. The third kappa shape index (κ3) is 3.85. The number of nitrogens with zero attached hydrogens (tertiary/aromatic N) is 3. The third-order valence-electron chi connectivity index (χ3n) is 3.58. The van der Waals surface area contributed by atoms with Crippen LogP contribution < -0.4 is 4.90 Å². The molecule has 3 aromatic rings. The number of benzene rings is 1. The largest absolute Gasteiger partial charge is 0.272 e. The lowest BCUT2D eigenvalue weighted by Crippen LogP contribution is -2.39. The summed E-state index contributed by atoms with van der Waals surface area (Å²) in [4.78, 5) is 18.8. The number of hydrogen-bond donors (Lipinski definition) is 0. The molecule has 1 amide bonds. The van der Waals surface area contributed by atoms with Crippen LogP contribution >= 0.6 is 22.7 Å². The smallest absolute Gasteiger partial charge is 0.252 e. The van der Waals surface area contributed by atoms with Gasteiger partial charge in [-0.15, -0.1) is 22.7 Å². The zero-order chi connectivity index (χ0) is 18.7. The highest BCUT2D eigenvalue weighted by molar-refractivity contribution is 7.91. The quantitative estimate of drug-likeness (QED) is 0.627. The molecule has 9 heteroatoms. The number of anilines is 2. The van der Waals surface area contributed by atoms with Crippen molar-refractivity contribution in [1.29, 1.82) is 0 Å². The summed E-state index contributed by atoms with van der Waals surface area (Å²) in [5.41, 5.74) is 1.45. The standard InChI is InChI=1S/C17H17N3O3S3/c1-13-12-25-17(18-13)20(14-7-4-3-5-8-14)15(21)11-19(2)26(22,23)16-9-6-10-24-16/h3-10,12H,11H2,1-2H3. The highest BCUT2D eigenvalue weighted by atomic mass is 32.2. The molecule has 0 aliphatic heterocycles. The maximum Gasteiger partial charge on any atom is 0.252 e. The van der Waals surface area contributed by atoms with Crippen LogP contribution in [0.3, 0.4) is 0 Å². The number of rotatable bonds is 6. The molecule has 2 aromatic heterocycles. The van der Waals surface area contributed by atoms with Crippen molar-refractivity contribution in [2.75, 3.05) is 18.5 Å². The Morgan fingerprint density at radius 2 is 1.85 bits per heavy atom. The highest BCUT2D eigenvalue weighted by Gasteiger charge is 2.28. The van der Waals surface area contributed by atoms with Gasteiger partial charge in [-0.05, 0) is 30.5 Å². The predicted molar refractivity (Wildman–Crippen MR) is 105 cm³/mol. The summed E-state index contributed by atoms with van der Waals surface area (Å²) in [7, 11) is -2.29. The Morgan fingerprint density at radius 1 is 1.12 bits per heavy atom. The fraction of sp³-hybridized carbons (Fsp3) is 0.176. The van der Waals surface area contributed by atoms with Gasteiger partial charge in [0.15, 0.2) is 5.13 Å². The van der Waals surface area contributed by atoms with Crippen molar-refractivity contribution in [3.63, 3.8) is 0 Å². The molecule has 2 heterocycles. The number of carbonyl (C=O) groups excluding carboxylic acids is 1. The molecule has 0 saturated carbocycles. The Hall–Kier alpha value is -2.07. The van der Waals surface area contributed by atoms with Crippen LogP contribution in [0.25, 0.3) is 0 Å². The summed E-state index contributed by atoms with van der Waals surface area (Å²) in [6, 6.07) is 12.3. The molecule has 0 unspecified atom stereocenters. The van der Waals surface area contributed by atoms with Crippen molar-refractivity contribution in [1.82, 2.24) is 9.29 Å². The number of para-hydroxylation sites is 1. The second-order valence-electron chi connectivity index (χ2n) is 5.53. The first-order valence-corrected chi connectivity index (χ1v) is 10.9. The molecule has 26 heavy (non-hydrogen) atoms. The fourth-order valence-electron chi connectivity index (χ4n) is 2.29. The number of thiazole rings is 1. The molecule has 0 bridgehead atoms. The molecule has 0 aliphatic carbocycles. The number of aromatic nitrogens is 1. The lowest BCUT2D eigenvalue weighted by atomic mass is 10.3. The van der Waals surface area contributed by atoms with E-state index in [4.69, 9.17) is 0 Å². The van der Waals surface area contributed by atoms with Crippen LogP contribution in [-0.2, 0) is 14.8 Å². The second kappa shape index (κ2) is 7.67. The monoisotopic (exact) mass is 407 g/mol. The summed E-state index contributed by atoms with van der Waals surface area (Å²) in [5, 5.41) is 4.06. The van der Waals surface area contributed by atoms with Gasteiger partial charge in [0.2, 0.25) is 5.91 Å². The van der Waals surface area contributed by atoms with Crippen molar-refractivity contribution in [3.8, 4) is 0 Å². The van der Waals surface area contributed by atoms with Crippen molar-refractivity contribution >= 4 is 49.4 Å². The molecule has 0 radical (unpaired) electrons. The first-order chi connectivity index (χ1) is 12.4. The SMILES string of the molecule is Cc1csc(N(C(=O)CN(C)S(=O)(=O)c2cccs2)c2ccccc2)n1. The normalized spacial score (nSPS) is 11.7. The van der Waals surface area contributed by atoms with Crippen LogP contribution in [0.2, 0.25) is 0 Å². The maximum absolute atomic E-state index is 13.0. The lowest BCUT2D eigenvalue weighted by Gasteiger charge is -2.23. The molecule has 0 spiro atoms. The molecule has 1 aromatic carbocycles. The molecular formula is C17H17N3O3S3. The summed E-state index contributed by atoms with van der Waals surface area (Å²) >= 11 is 2.47. The number of hydrogen-bond acceptors (Lipinski definition) is 6. The van der Waals surface area contributed by atoms with E-state index in [1.165, 1.54) is 29.4 Å². The van der Waals surface area contributed by atoms with Crippen LogP contribution in [0.5, 0.6) is 0 Å². The third-order valence-corrected chi connectivity index (χ3v) is 7.70. The summed E-state index contributed by atoms with van der Waals surface area (Å²) in [6.45, 7) is 1.56. The van der Waals surface area contributed by atoms with Gasteiger partial charge in [0.25, 0.3) is 10.0 Å².